The Morgan fingerprint density at radius 3 is 2.62 bits per heavy atom. The van der Waals surface area contributed by atoms with E-state index in [0.29, 0.717) is 43.9 Å². The zero-order valence-corrected chi connectivity index (χ0v) is 23.0. The minimum absolute atomic E-state index is 0.0697. The topological polar surface area (TPSA) is 99.4 Å². The van der Waals surface area contributed by atoms with Gasteiger partial charge in [-0.3, -0.25) is 14.4 Å². The number of hydrogen-bond donors (Lipinski definition) is 2. The van der Waals surface area contributed by atoms with Crippen LogP contribution in [0.5, 0.6) is 0 Å². The highest BCUT2D eigenvalue weighted by molar-refractivity contribution is 5.97. The number of rotatable bonds is 11. The largest absolute Gasteiger partial charge is 0.415 e. The molecule has 3 heterocycles. The van der Waals surface area contributed by atoms with Crippen LogP contribution in [0.2, 0.25) is 0 Å². The number of anilines is 1. The van der Waals surface area contributed by atoms with Gasteiger partial charge in [0, 0.05) is 58.4 Å². The van der Waals surface area contributed by atoms with Crippen LogP contribution in [0, 0.1) is 6.92 Å². The van der Waals surface area contributed by atoms with E-state index in [1.54, 1.807) is 15.8 Å². The fourth-order valence-corrected chi connectivity index (χ4v) is 4.51. The van der Waals surface area contributed by atoms with Gasteiger partial charge in [0.15, 0.2) is 0 Å². The van der Waals surface area contributed by atoms with Gasteiger partial charge >= 0.3 is 6.18 Å². The number of hydrogen-bond acceptors (Lipinski definition) is 6. The number of guanidine groups is 1. The van der Waals surface area contributed by atoms with Gasteiger partial charge in [-0.1, -0.05) is 6.42 Å². The van der Waals surface area contributed by atoms with Crippen molar-refractivity contribution in [2.24, 2.45) is 9.98 Å². The summed E-state index contributed by atoms with van der Waals surface area (Å²) in [5.74, 6) is -0.304. The summed E-state index contributed by atoms with van der Waals surface area (Å²) in [5, 5.41) is 10.3. The van der Waals surface area contributed by atoms with Gasteiger partial charge in [-0.25, -0.2) is 4.99 Å². The van der Waals surface area contributed by atoms with Gasteiger partial charge in [-0.05, 0) is 46.2 Å². The lowest BCUT2D eigenvalue weighted by atomic mass is 10.2. The lowest BCUT2D eigenvalue weighted by molar-refractivity contribution is -0.130. The zero-order valence-electron chi connectivity index (χ0n) is 23.0. The molecule has 13 heteroatoms. The number of amides is 1. The molecule has 2 saturated heterocycles. The van der Waals surface area contributed by atoms with E-state index in [2.05, 4.69) is 37.3 Å². The first kappa shape index (κ1) is 30.6. The monoisotopic (exact) mass is 554 g/mol. The maximum absolute atomic E-state index is 13.6. The van der Waals surface area contributed by atoms with E-state index in [4.69, 9.17) is 4.74 Å². The third kappa shape index (κ3) is 9.95. The number of nitrogens with one attached hydrogen (secondary N) is 2. The fraction of sp³-hybridized carbons (Fsp3) is 0.692. The Kier molecular flexibility index (Phi) is 11.8. The van der Waals surface area contributed by atoms with Gasteiger partial charge in [0.1, 0.15) is 5.82 Å². The van der Waals surface area contributed by atoms with E-state index in [-0.39, 0.29) is 24.2 Å². The van der Waals surface area contributed by atoms with Gasteiger partial charge in [0.05, 0.1) is 30.2 Å². The van der Waals surface area contributed by atoms with Crippen molar-refractivity contribution in [3.05, 3.63) is 23.3 Å². The summed E-state index contributed by atoms with van der Waals surface area (Å²) in [7, 11) is 0. The molecule has 0 unspecified atom stereocenters. The molecule has 2 aliphatic heterocycles. The first-order chi connectivity index (χ1) is 18.7. The highest BCUT2D eigenvalue weighted by Gasteiger charge is 2.33. The number of nitrogens with zero attached hydrogens (tertiary/aromatic N) is 6. The lowest BCUT2D eigenvalue weighted by Gasteiger charge is -2.26. The number of aromatic nitrogens is 2. The Hall–Kier alpha value is -2.93. The lowest BCUT2D eigenvalue weighted by Crippen LogP contribution is -2.37. The number of aliphatic imine (C=N–C) groups is 2. The average Bonchev–Trinajstić information content (AvgIpc) is 3.12. The number of morpholine rings is 1. The Balaban J connectivity index is 1.61. The number of carbonyl (C=O) groups excluding carboxylic acids is 1. The molecule has 0 bridgehead atoms. The number of carbonyl (C=O) groups is 1. The SMILES string of the molecule is C=N/C(=N\C(NCCCN1CCCCCC1=O)=C(/C)C(F)(F)F)Nc1cn(CCCN2CCOCC2)nc1C. The molecule has 2 fully saturated rings. The van der Waals surface area contributed by atoms with Gasteiger partial charge in [0.25, 0.3) is 0 Å². The van der Waals surface area contributed by atoms with Crippen LogP contribution in [0.25, 0.3) is 0 Å². The smallest absolute Gasteiger partial charge is 0.379 e. The minimum atomic E-state index is -4.57. The van der Waals surface area contributed by atoms with Crippen molar-refractivity contribution in [3.63, 3.8) is 0 Å². The van der Waals surface area contributed by atoms with Gasteiger partial charge in [0.2, 0.25) is 11.9 Å². The van der Waals surface area contributed by atoms with Crippen molar-refractivity contribution in [1.82, 2.24) is 24.9 Å². The first-order valence-electron chi connectivity index (χ1n) is 13.6. The maximum Gasteiger partial charge on any atom is 0.415 e. The van der Waals surface area contributed by atoms with Crippen LogP contribution in [0.4, 0.5) is 18.9 Å². The van der Waals surface area contributed by atoms with E-state index in [9.17, 15) is 18.0 Å². The molecule has 1 aromatic rings. The number of allylic oxidation sites excluding steroid dienone is 1. The molecule has 0 saturated carbocycles. The van der Waals surface area contributed by atoms with Crippen LogP contribution in [-0.2, 0) is 16.1 Å². The average molecular weight is 555 g/mol. The van der Waals surface area contributed by atoms with E-state index in [1.165, 1.54) is 0 Å². The molecule has 218 valence electrons. The van der Waals surface area contributed by atoms with E-state index >= 15 is 0 Å². The molecule has 1 aromatic heterocycles. The molecule has 0 radical (unpaired) electrons. The highest BCUT2D eigenvalue weighted by atomic mass is 19.4. The van der Waals surface area contributed by atoms with E-state index in [1.807, 2.05) is 6.92 Å². The Morgan fingerprint density at radius 2 is 1.90 bits per heavy atom. The number of likely N-dealkylation sites (tertiary alicyclic amines) is 1. The summed E-state index contributed by atoms with van der Waals surface area (Å²) in [6.07, 6.45) is 2.01. The van der Waals surface area contributed by atoms with Gasteiger partial charge < -0.3 is 20.3 Å². The Bertz CT molecular complexity index is 1020. The van der Waals surface area contributed by atoms with E-state index in [0.717, 1.165) is 65.5 Å². The summed E-state index contributed by atoms with van der Waals surface area (Å²) >= 11 is 0. The maximum atomic E-state index is 13.6. The summed E-state index contributed by atoms with van der Waals surface area (Å²) in [4.78, 5) is 24.3. The van der Waals surface area contributed by atoms with Crippen molar-refractivity contribution >= 4 is 24.3 Å². The molecule has 0 aliphatic carbocycles. The predicted octanol–water partition coefficient (Wildman–Crippen LogP) is 3.56. The van der Waals surface area contributed by atoms with Crippen LogP contribution in [0.3, 0.4) is 0 Å². The Morgan fingerprint density at radius 1 is 1.13 bits per heavy atom. The summed E-state index contributed by atoms with van der Waals surface area (Å²) in [6, 6.07) is 0. The van der Waals surface area contributed by atoms with Gasteiger partial charge in [-0.2, -0.15) is 23.3 Å². The molecular weight excluding hydrogens is 513 g/mol. The van der Waals surface area contributed by atoms with Crippen LogP contribution in [0.1, 0.15) is 51.1 Å². The molecule has 2 N–H and O–H groups in total. The quantitative estimate of drug-likeness (QED) is 0.247. The highest BCUT2D eigenvalue weighted by Crippen LogP contribution is 2.27. The van der Waals surface area contributed by atoms with Crippen molar-refractivity contribution in [3.8, 4) is 0 Å². The summed E-state index contributed by atoms with van der Waals surface area (Å²) in [6.45, 7) is 12.7. The van der Waals surface area contributed by atoms with Crippen molar-refractivity contribution in [2.75, 3.05) is 57.8 Å². The predicted molar refractivity (Wildman–Crippen MR) is 146 cm³/mol. The number of ether oxygens (including phenoxy) is 1. The van der Waals surface area contributed by atoms with Crippen molar-refractivity contribution < 1.29 is 22.7 Å². The normalized spacial score (nSPS) is 18.5. The number of aryl methyl sites for hydroxylation is 2. The molecule has 3 rings (SSSR count). The second kappa shape index (κ2) is 15.0. The third-order valence-corrected chi connectivity index (χ3v) is 6.87. The minimum Gasteiger partial charge on any atom is -0.379 e. The Labute approximate surface area is 228 Å². The first-order valence-corrected chi connectivity index (χ1v) is 13.6. The van der Waals surface area contributed by atoms with Crippen LogP contribution in [-0.4, -0.2) is 96.8 Å². The molecule has 0 spiro atoms. The standard InChI is InChI=1S/C26H41F3N8O2/c1-20(26(27,28)29)24(31-10-7-13-36-12-6-4-5-9-23(36)38)33-25(30-3)32-22-19-37(34-21(22)2)14-8-11-35-15-17-39-18-16-35/h19,31H,3-18H2,1-2H3,(H,32,33)/b24-20+. The molecule has 0 aromatic carbocycles. The van der Waals surface area contributed by atoms with Crippen LogP contribution < -0.4 is 10.6 Å². The second-order valence-corrected chi connectivity index (χ2v) is 9.86. The molecular formula is C26H41F3N8O2. The third-order valence-electron chi connectivity index (χ3n) is 6.87. The van der Waals surface area contributed by atoms with Crippen LogP contribution in [0.15, 0.2) is 27.6 Å². The number of halogens is 3. The summed E-state index contributed by atoms with van der Waals surface area (Å²) < 4.78 is 47.9. The molecule has 10 nitrogen and oxygen atoms in total. The van der Waals surface area contributed by atoms with Gasteiger partial charge in [-0.15, -0.1) is 0 Å². The molecule has 2 aliphatic rings. The van der Waals surface area contributed by atoms with Crippen molar-refractivity contribution in [1.29, 1.82) is 0 Å². The summed E-state index contributed by atoms with van der Waals surface area (Å²) in [5.41, 5.74) is 0.397. The second-order valence-electron chi connectivity index (χ2n) is 9.86. The molecule has 39 heavy (non-hydrogen) atoms. The van der Waals surface area contributed by atoms with Crippen LogP contribution >= 0.6 is 0 Å². The van der Waals surface area contributed by atoms with E-state index < -0.39 is 11.7 Å². The molecule has 0 atom stereocenters. The molecule has 1 amide bonds. The van der Waals surface area contributed by atoms with Crippen molar-refractivity contribution in [2.45, 2.75) is 65.1 Å². The fourth-order valence-electron chi connectivity index (χ4n) is 4.51. The zero-order chi connectivity index (χ0) is 28.3. The number of alkyl halides is 3.